The third-order valence-electron chi connectivity index (χ3n) is 3.40. The lowest BCUT2D eigenvalue weighted by atomic mass is 10.2. The van der Waals surface area contributed by atoms with E-state index in [1.165, 1.54) is 0 Å². The van der Waals surface area contributed by atoms with Crippen LogP contribution in [-0.4, -0.2) is 25.6 Å². The van der Waals surface area contributed by atoms with E-state index in [-0.39, 0.29) is 6.03 Å². The highest BCUT2D eigenvalue weighted by Crippen LogP contribution is 2.11. The van der Waals surface area contributed by atoms with Crippen molar-refractivity contribution < 1.29 is 4.79 Å². The zero-order valence-electron chi connectivity index (χ0n) is 13.5. The van der Waals surface area contributed by atoms with Gasteiger partial charge < -0.3 is 5.32 Å². The molecule has 3 heterocycles. The second-order valence-electron chi connectivity index (χ2n) is 5.43. The molecule has 0 unspecified atom stereocenters. The molecule has 2 N–H and O–H groups in total. The van der Waals surface area contributed by atoms with Crippen LogP contribution in [0.3, 0.4) is 0 Å². The van der Waals surface area contributed by atoms with Crippen LogP contribution in [0.2, 0.25) is 0 Å². The van der Waals surface area contributed by atoms with Crippen molar-refractivity contribution in [2.75, 3.05) is 5.32 Å². The van der Waals surface area contributed by atoms with Crippen molar-refractivity contribution >= 4 is 11.8 Å². The van der Waals surface area contributed by atoms with Gasteiger partial charge in [0.2, 0.25) is 0 Å². The summed E-state index contributed by atoms with van der Waals surface area (Å²) in [7, 11) is 0. The van der Waals surface area contributed by atoms with Gasteiger partial charge in [0.1, 0.15) is 18.0 Å². The summed E-state index contributed by atoms with van der Waals surface area (Å²) >= 11 is 0. The number of aromatic nitrogens is 4. The fourth-order valence-electron chi connectivity index (χ4n) is 2.43. The number of urea groups is 1. The van der Waals surface area contributed by atoms with Gasteiger partial charge in [-0.15, -0.1) is 0 Å². The quantitative estimate of drug-likeness (QED) is 0.773. The van der Waals surface area contributed by atoms with Gasteiger partial charge >= 0.3 is 6.03 Å². The van der Waals surface area contributed by atoms with Gasteiger partial charge in [-0.25, -0.2) is 19.7 Å². The summed E-state index contributed by atoms with van der Waals surface area (Å²) in [4.78, 5) is 24.8. The summed E-state index contributed by atoms with van der Waals surface area (Å²) in [5.41, 5.74) is 2.80. The Morgan fingerprint density at radius 3 is 2.88 bits per heavy atom. The molecule has 0 saturated carbocycles. The highest BCUT2D eigenvalue weighted by Gasteiger charge is 2.08. The second kappa shape index (κ2) is 6.91. The average molecular weight is 322 g/mol. The van der Waals surface area contributed by atoms with E-state index < -0.39 is 0 Å². The van der Waals surface area contributed by atoms with Gasteiger partial charge in [0.15, 0.2) is 0 Å². The maximum Gasteiger partial charge on any atom is 0.320 e. The molecule has 0 aliphatic heterocycles. The number of nitrogens with one attached hydrogen (secondary N) is 2. The summed E-state index contributed by atoms with van der Waals surface area (Å²) < 4.78 is 1.81. The molecule has 3 aromatic rings. The van der Waals surface area contributed by atoms with E-state index in [1.807, 2.05) is 44.3 Å². The number of aryl methyl sites for hydroxylation is 2. The molecule has 122 valence electrons. The number of carbonyl (C=O) groups is 1. The lowest BCUT2D eigenvalue weighted by Crippen LogP contribution is -2.29. The number of carbonyl (C=O) groups excluding carboxylic acids is 1. The number of anilines is 1. The van der Waals surface area contributed by atoms with Crippen LogP contribution in [0, 0.1) is 13.8 Å². The molecule has 24 heavy (non-hydrogen) atoms. The van der Waals surface area contributed by atoms with Gasteiger partial charge in [0.25, 0.3) is 0 Å². The van der Waals surface area contributed by atoms with E-state index in [0.717, 1.165) is 22.6 Å². The van der Waals surface area contributed by atoms with Gasteiger partial charge in [-0.2, -0.15) is 0 Å². The number of rotatable bonds is 4. The maximum absolute atomic E-state index is 12.1. The zero-order chi connectivity index (χ0) is 16.9. The minimum absolute atomic E-state index is 0.312. The topological polar surface area (TPSA) is 84.7 Å². The minimum Gasteiger partial charge on any atom is -0.334 e. The van der Waals surface area contributed by atoms with Crippen LogP contribution in [0.5, 0.6) is 0 Å². The highest BCUT2D eigenvalue weighted by atomic mass is 16.2. The minimum atomic E-state index is -0.312. The van der Waals surface area contributed by atoms with Crippen molar-refractivity contribution in [1.82, 2.24) is 24.8 Å². The Labute approximate surface area is 139 Å². The maximum atomic E-state index is 12.1. The van der Waals surface area contributed by atoms with Crippen LogP contribution in [0.4, 0.5) is 10.6 Å². The summed E-state index contributed by atoms with van der Waals surface area (Å²) in [5, 5.41) is 5.57. The van der Waals surface area contributed by atoms with E-state index in [0.29, 0.717) is 12.4 Å². The number of amides is 2. The summed E-state index contributed by atoms with van der Waals surface area (Å²) in [6.45, 7) is 4.20. The molecule has 2 amide bonds. The third-order valence-corrected chi connectivity index (χ3v) is 3.40. The first-order valence-corrected chi connectivity index (χ1v) is 7.54. The van der Waals surface area contributed by atoms with Crippen molar-refractivity contribution in [2.24, 2.45) is 0 Å². The molecule has 0 saturated heterocycles. The predicted octanol–water partition coefficient (Wildman–Crippen LogP) is 2.60. The van der Waals surface area contributed by atoms with E-state index in [2.05, 4.69) is 25.6 Å². The van der Waals surface area contributed by atoms with Crippen LogP contribution >= 0.6 is 0 Å². The molecule has 0 radical (unpaired) electrons. The molecule has 0 aromatic carbocycles. The fraction of sp³-hybridized carbons (Fsp3) is 0.176. The van der Waals surface area contributed by atoms with Crippen LogP contribution in [0.25, 0.3) is 5.82 Å². The van der Waals surface area contributed by atoms with E-state index in [9.17, 15) is 4.79 Å². The Kier molecular flexibility index (Phi) is 4.51. The Hall–Kier alpha value is -3.22. The van der Waals surface area contributed by atoms with Gasteiger partial charge in [-0.05, 0) is 37.6 Å². The second-order valence-corrected chi connectivity index (χ2v) is 5.43. The molecule has 3 aromatic heterocycles. The average Bonchev–Trinajstić information content (AvgIpc) is 3.06. The fourth-order valence-corrected chi connectivity index (χ4v) is 2.43. The van der Waals surface area contributed by atoms with Gasteiger partial charge in [0.05, 0.1) is 0 Å². The van der Waals surface area contributed by atoms with Crippen molar-refractivity contribution in [3.05, 3.63) is 66.0 Å². The molecular formula is C17H18N6O. The molecule has 0 atom stereocenters. The first-order chi connectivity index (χ1) is 11.6. The third kappa shape index (κ3) is 3.75. The summed E-state index contributed by atoms with van der Waals surface area (Å²) in [5.74, 6) is 1.27. The van der Waals surface area contributed by atoms with Crippen LogP contribution in [0.15, 0.2) is 49.2 Å². The number of pyridine rings is 2. The van der Waals surface area contributed by atoms with Gasteiger partial charge in [-0.3, -0.25) is 9.88 Å². The number of hydrogen-bond donors (Lipinski definition) is 2. The molecular weight excluding hydrogens is 304 g/mol. The van der Waals surface area contributed by atoms with Gasteiger partial charge in [-0.1, -0.05) is 6.07 Å². The van der Waals surface area contributed by atoms with Crippen LogP contribution in [-0.2, 0) is 6.54 Å². The summed E-state index contributed by atoms with van der Waals surface area (Å²) in [6.07, 6.45) is 6.87. The highest BCUT2D eigenvalue weighted by molar-refractivity contribution is 5.88. The van der Waals surface area contributed by atoms with Crippen molar-refractivity contribution in [3.8, 4) is 5.82 Å². The zero-order valence-corrected chi connectivity index (χ0v) is 13.5. The van der Waals surface area contributed by atoms with E-state index >= 15 is 0 Å². The number of imidazole rings is 1. The van der Waals surface area contributed by atoms with Crippen molar-refractivity contribution in [1.29, 1.82) is 0 Å². The molecule has 0 aliphatic rings. The number of hydrogen-bond acceptors (Lipinski definition) is 4. The normalized spacial score (nSPS) is 10.4. The van der Waals surface area contributed by atoms with E-state index in [1.54, 1.807) is 23.3 Å². The molecule has 0 spiro atoms. The Balaban J connectivity index is 1.67. The molecule has 7 heteroatoms. The predicted molar refractivity (Wildman–Crippen MR) is 90.9 cm³/mol. The van der Waals surface area contributed by atoms with E-state index in [4.69, 9.17) is 0 Å². The Morgan fingerprint density at radius 2 is 2.12 bits per heavy atom. The first-order valence-electron chi connectivity index (χ1n) is 7.54. The molecule has 7 nitrogen and oxygen atoms in total. The standard InChI is InChI=1S/C17H18N6O/c1-12-8-13(2)21-15(9-12)22-17(24)20-10-14-4-3-5-19-16(14)23-7-6-18-11-23/h3-9,11H,10H2,1-2H3,(H2,20,21,22,24). The van der Waals surface area contributed by atoms with Crippen molar-refractivity contribution in [2.45, 2.75) is 20.4 Å². The Bertz CT molecular complexity index is 824. The monoisotopic (exact) mass is 322 g/mol. The largest absolute Gasteiger partial charge is 0.334 e. The molecule has 0 bridgehead atoms. The lowest BCUT2D eigenvalue weighted by Gasteiger charge is -2.11. The van der Waals surface area contributed by atoms with Gasteiger partial charge in [0, 0.05) is 36.4 Å². The summed E-state index contributed by atoms with van der Waals surface area (Å²) in [6, 6.07) is 7.22. The van der Waals surface area contributed by atoms with Crippen LogP contribution < -0.4 is 10.6 Å². The smallest absolute Gasteiger partial charge is 0.320 e. The molecule has 3 rings (SSSR count). The number of nitrogens with zero attached hydrogens (tertiary/aromatic N) is 4. The molecule has 0 aliphatic carbocycles. The van der Waals surface area contributed by atoms with Crippen molar-refractivity contribution in [3.63, 3.8) is 0 Å². The lowest BCUT2D eigenvalue weighted by molar-refractivity contribution is 0.251. The SMILES string of the molecule is Cc1cc(C)nc(NC(=O)NCc2cccnc2-n2ccnc2)c1. The Morgan fingerprint density at radius 1 is 1.25 bits per heavy atom. The van der Waals surface area contributed by atoms with Crippen LogP contribution in [0.1, 0.15) is 16.8 Å². The molecule has 0 fully saturated rings. The first kappa shape index (κ1) is 15.7.